The van der Waals surface area contributed by atoms with Gasteiger partial charge >= 0.3 is 0 Å². The summed E-state index contributed by atoms with van der Waals surface area (Å²) in [5.74, 6) is -0.103. The number of carbonyl (C=O) groups excluding carboxylic acids is 2. The smallest absolute Gasteiger partial charge is 0.243 e. The summed E-state index contributed by atoms with van der Waals surface area (Å²) in [6, 6.07) is 7.18. The van der Waals surface area contributed by atoms with Crippen LogP contribution in [0.4, 0.5) is 10.2 Å². The second-order valence-corrected chi connectivity index (χ2v) is 5.90. The minimum atomic E-state index is -0.666. The van der Waals surface area contributed by atoms with Crippen molar-refractivity contribution in [3.63, 3.8) is 0 Å². The van der Waals surface area contributed by atoms with E-state index < -0.39 is 6.04 Å². The largest absolute Gasteiger partial charge is 0.350 e. The molecular formula is C17H19FN4O2. The normalized spacial score (nSPS) is 15.1. The van der Waals surface area contributed by atoms with Crippen molar-refractivity contribution in [2.24, 2.45) is 0 Å². The SMILES string of the molecule is Cc1cc2n(n1)CCC(=O)N2[C@@H](C)C(=O)NCc1cccc(F)c1. The van der Waals surface area contributed by atoms with Crippen molar-refractivity contribution in [2.75, 3.05) is 4.90 Å². The van der Waals surface area contributed by atoms with Crippen molar-refractivity contribution in [1.82, 2.24) is 15.1 Å². The van der Waals surface area contributed by atoms with Crippen LogP contribution >= 0.6 is 0 Å². The Balaban J connectivity index is 1.72. The Labute approximate surface area is 139 Å². The summed E-state index contributed by atoms with van der Waals surface area (Å²) in [5.41, 5.74) is 1.47. The lowest BCUT2D eigenvalue weighted by Gasteiger charge is -2.31. The lowest BCUT2D eigenvalue weighted by atomic mass is 10.1. The number of hydrogen-bond donors (Lipinski definition) is 1. The molecule has 0 saturated carbocycles. The summed E-state index contributed by atoms with van der Waals surface area (Å²) in [6.45, 7) is 4.26. The third-order valence-corrected chi connectivity index (χ3v) is 4.06. The van der Waals surface area contributed by atoms with Gasteiger partial charge in [0.1, 0.15) is 17.7 Å². The highest BCUT2D eigenvalue weighted by Crippen LogP contribution is 2.24. The van der Waals surface area contributed by atoms with Crippen LogP contribution in [0.1, 0.15) is 24.6 Å². The van der Waals surface area contributed by atoms with E-state index in [0.717, 1.165) is 5.69 Å². The van der Waals surface area contributed by atoms with Crippen molar-refractivity contribution < 1.29 is 14.0 Å². The Hall–Kier alpha value is -2.70. The zero-order chi connectivity index (χ0) is 17.3. The van der Waals surface area contributed by atoms with Gasteiger partial charge in [0.05, 0.1) is 12.2 Å². The van der Waals surface area contributed by atoms with Crippen molar-refractivity contribution in [3.05, 3.63) is 47.4 Å². The molecular weight excluding hydrogens is 311 g/mol. The topological polar surface area (TPSA) is 67.2 Å². The summed E-state index contributed by atoms with van der Waals surface area (Å²) in [7, 11) is 0. The lowest BCUT2D eigenvalue weighted by molar-refractivity contribution is -0.126. The number of carbonyl (C=O) groups is 2. The molecule has 0 unspecified atom stereocenters. The zero-order valence-corrected chi connectivity index (χ0v) is 13.6. The predicted octanol–water partition coefficient (Wildman–Crippen LogP) is 1.77. The fraction of sp³-hybridized carbons (Fsp3) is 0.353. The van der Waals surface area contributed by atoms with E-state index in [4.69, 9.17) is 0 Å². The molecule has 126 valence electrons. The van der Waals surface area contributed by atoms with Gasteiger partial charge in [0.2, 0.25) is 11.8 Å². The molecule has 0 radical (unpaired) electrons. The van der Waals surface area contributed by atoms with Crippen LogP contribution < -0.4 is 10.2 Å². The molecule has 0 spiro atoms. The minimum Gasteiger partial charge on any atom is -0.350 e. The molecule has 0 bridgehead atoms. The average molecular weight is 330 g/mol. The molecule has 24 heavy (non-hydrogen) atoms. The predicted molar refractivity (Wildman–Crippen MR) is 86.8 cm³/mol. The Morgan fingerprint density at radius 2 is 2.21 bits per heavy atom. The average Bonchev–Trinajstić information content (AvgIpc) is 2.92. The van der Waals surface area contributed by atoms with E-state index in [2.05, 4.69) is 10.4 Å². The van der Waals surface area contributed by atoms with E-state index in [1.54, 1.807) is 29.8 Å². The molecule has 1 atom stereocenters. The maximum Gasteiger partial charge on any atom is 0.243 e. The highest BCUT2D eigenvalue weighted by atomic mass is 19.1. The van der Waals surface area contributed by atoms with Gasteiger partial charge in [-0.3, -0.25) is 14.5 Å². The number of aromatic nitrogens is 2. The molecule has 0 aliphatic carbocycles. The van der Waals surface area contributed by atoms with Gasteiger partial charge in [-0.25, -0.2) is 9.07 Å². The molecule has 2 amide bonds. The third kappa shape index (κ3) is 3.15. The van der Waals surface area contributed by atoms with Crippen molar-refractivity contribution in [1.29, 1.82) is 0 Å². The van der Waals surface area contributed by atoms with Gasteiger partial charge in [-0.2, -0.15) is 5.10 Å². The van der Waals surface area contributed by atoms with Crippen LogP contribution in [0.5, 0.6) is 0 Å². The highest BCUT2D eigenvalue weighted by Gasteiger charge is 2.32. The number of rotatable bonds is 4. The molecule has 7 heteroatoms. The molecule has 1 aromatic heterocycles. The van der Waals surface area contributed by atoms with E-state index in [-0.39, 0.29) is 24.2 Å². The molecule has 6 nitrogen and oxygen atoms in total. The van der Waals surface area contributed by atoms with Crippen molar-refractivity contribution >= 4 is 17.6 Å². The molecule has 1 aliphatic rings. The molecule has 1 aliphatic heterocycles. The van der Waals surface area contributed by atoms with Gasteiger partial charge in [0.15, 0.2) is 0 Å². The van der Waals surface area contributed by atoms with Gasteiger partial charge in [-0.15, -0.1) is 0 Å². The fourth-order valence-corrected chi connectivity index (χ4v) is 2.86. The number of benzene rings is 1. The number of halogens is 1. The van der Waals surface area contributed by atoms with E-state index in [1.807, 2.05) is 6.92 Å². The standard InChI is InChI=1S/C17H19FN4O2/c1-11-8-15-21(20-11)7-6-16(23)22(15)12(2)17(24)19-10-13-4-3-5-14(18)9-13/h3-5,8-9,12H,6-7,10H2,1-2H3,(H,19,24)/t12-/m0/s1. The monoisotopic (exact) mass is 330 g/mol. The Kier molecular flexibility index (Phi) is 4.33. The number of nitrogens with zero attached hydrogens (tertiary/aromatic N) is 3. The van der Waals surface area contributed by atoms with E-state index >= 15 is 0 Å². The summed E-state index contributed by atoms with van der Waals surface area (Å²) in [4.78, 5) is 26.2. The van der Waals surface area contributed by atoms with Gasteiger partial charge in [0.25, 0.3) is 0 Å². The van der Waals surface area contributed by atoms with Gasteiger partial charge in [-0.1, -0.05) is 12.1 Å². The lowest BCUT2D eigenvalue weighted by Crippen LogP contribution is -2.50. The van der Waals surface area contributed by atoms with Crippen molar-refractivity contribution in [3.8, 4) is 0 Å². The first-order chi connectivity index (χ1) is 11.5. The van der Waals surface area contributed by atoms with Gasteiger partial charge in [0, 0.05) is 19.0 Å². The molecule has 0 saturated heterocycles. The maximum atomic E-state index is 13.2. The van der Waals surface area contributed by atoms with Crippen LogP contribution in [-0.2, 0) is 22.7 Å². The first-order valence-corrected chi connectivity index (χ1v) is 7.84. The summed E-state index contributed by atoms with van der Waals surface area (Å²) in [6.07, 6.45) is 0.315. The van der Waals surface area contributed by atoms with Crippen LogP contribution in [0, 0.1) is 12.7 Å². The first-order valence-electron chi connectivity index (χ1n) is 7.84. The van der Waals surface area contributed by atoms with Crippen LogP contribution in [0.15, 0.2) is 30.3 Å². The number of aryl methyl sites for hydroxylation is 2. The summed E-state index contributed by atoms with van der Waals surface area (Å²) < 4.78 is 14.9. The minimum absolute atomic E-state index is 0.101. The molecule has 2 aromatic rings. The number of amides is 2. The fourth-order valence-electron chi connectivity index (χ4n) is 2.86. The zero-order valence-electron chi connectivity index (χ0n) is 13.6. The third-order valence-electron chi connectivity index (χ3n) is 4.06. The molecule has 0 fully saturated rings. The molecule has 1 N–H and O–H groups in total. The highest BCUT2D eigenvalue weighted by molar-refractivity contribution is 6.00. The summed E-state index contributed by atoms with van der Waals surface area (Å²) >= 11 is 0. The van der Waals surface area contributed by atoms with E-state index in [9.17, 15) is 14.0 Å². The number of fused-ring (bicyclic) bond motifs is 1. The van der Waals surface area contributed by atoms with Gasteiger partial charge in [-0.05, 0) is 31.5 Å². The summed E-state index contributed by atoms with van der Waals surface area (Å²) in [5, 5.41) is 7.08. The second kappa shape index (κ2) is 6.43. The Morgan fingerprint density at radius 3 is 2.96 bits per heavy atom. The van der Waals surface area contributed by atoms with Gasteiger partial charge < -0.3 is 5.32 Å². The number of anilines is 1. The Bertz CT molecular complexity index is 787. The van der Waals surface area contributed by atoms with Crippen LogP contribution in [-0.4, -0.2) is 27.6 Å². The van der Waals surface area contributed by atoms with E-state index in [1.165, 1.54) is 17.0 Å². The van der Waals surface area contributed by atoms with Crippen LogP contribution in [0.2, 0.25) is 0 Å². The van der Waals surface area contributed by atoms with Crippen LogP contribution in [0.25, 0.3) is 0 Å². The maximum absolute atomic E-state index is 13.2. The molecule has 1 aromatic carbocycles. The van der Waals surface area contributed by atoms with E-state index in [0.29, 0.717) is 24.3 Å². The van der Waals surface area contributed by atoms with Crippen LogP contribution in [0.3, 0.4) is 0 Å². The first kappa shape index (κ1) is 16.2. The van der Waals surface area contributed by atoms with Crippen molar-refractivity contribution in [2.45, 2.75) is 39.4 Å². The molecule has 3 rings (SSSR count). The number of hydrogen-bond acceptors (Lipinski definition) is 3. The quantitative estimate of drug-likeness (QED) is 0.929. The molecule has 2 heterocycles. The second-order valence-electron chi connectivity index (χ2n) is 5.90. The number of nitrogens with one attached hydrogen (secondary N) is 1. The Morgan fingerprint density at radius 1 is 1.42 bits per heavy atom.